The number of carboxylic acid groups (broad SMARTS) is 1. The van der Waals surface area contributed by atoms with E-state index in [4.69, 9.17) is 9.84 Å². The first-order valence-corrected chi connectivity index (χ1v) is 8.90. The number of hydrogen-bond donors (Lipinski definition) is 1. The minimum atomic E-state index is -0.972. The first-order valence-electron chi connectivity index (χ1n) is 8.09. The topological polar surface area (TPSA) is 63.6 Å². The minimum absolute atomic E-state index is 0.111. The highest BCUT2D eigenvalue weighted by atomic mass is 32.2. The Labute approximate surface area is 156 Å². The van der Waals surface area contributed by atoms with Crippen LogP contribution in [0.25, 0.3) is 0 Å². The van der Waals surface area contributed by atoms with Crippen LogP contribution in [0.3, 0.4) is 0 Å². The van der Waals surface area contributed by atoms with Crippen LogP contribution >= 0.6 is 11.8 Å². The van der Waals surface area contributed by atoms with Crippen LogP contribution in [0.1, 0.15) is 52.1 Å². The zero-order valence-electron chi connectivity index (χ0n) is 14.8. The standard InChI is InChI=1S/C21H18O4S/c1-21(2)12-17(22)16-10-15(18(25-3)11-19(16)26-21)9-6-13-4-7-14(8-5-13)20(23)24/h4-5,7-8,10-11H,12H2,1-3H3,(H,23,24). The summed E-state index contributed by atoms with van der Waals surface area (Å²) in [6, 6.07) is 10.0. The molecule has 1 aliphatic rings. The Hall–Kier alpha value is -2.71. The maximum absolute atomic E-state index is 12.5. The molecule has 0 atom stereocenters. The molecule has 0 aliphatic carbocycles. The van der Waals surface area contributed by atoms with Crippen molar-refractivity contribution in [3.8, 4) is 17.6 Å². The first kappa shape index (κ1) is 18.1. The van der Waals surface area contributed by atoms with Crippen molar-refractivity contribution in [2.75, 3.05) is 7.11 Å². The highest BCUT2D eigenvalue weighted by Crippen LogP contribution is 2.44. The molecule has 26 heavy (non-hydrogen) atoms. The number of fused-ring (bicyclic) bond motifs is 1. The molecule has 3 rings (SSSR count). The van der Waals surface area contributed by atoms with Crippen molar-refractivity contribution in [3.05, 3.63) is 58.7 Å². The van der Waals surface area contributed by atoms with Gasteiger partial charge in [-0.2, -0.15) is 0 Å². The Morgan fingerprint density at radius 3 is 2.50 bits per heavy atom. The number of carbonyl (C=O) groups is 2. The van der Waals surface area contributed by atoms with Gasteiger partial charge in [-0.1, -0.05) is 11.8 Å². The van der Waals surface area contributed by atoms with Crippen LogP contribution in [0.4, 0.5) is 0 Å². The fourth-order valence-electron chi connectivity index (χ4n) is 2.78. The third-order valence-corrected chi connectivity index (χ3v) is 5.30. The van der Waals surface area contributed by atoms with Gasteiger partial charge >= 0.3 is 5.97 Å². The van der Waals surface area contributed by atoms with E-state index in [1.807, 2.05) is 6.07 Å². The van der Waals surface area contributed by atoms with E-state index < -0.39 is 5.97 Å². The molecule has 1 N–H and O–H groups in total. The zero-order valence-corrected chi connectivity index (χ0v) is 15.6. The number of methoxy groups -OCH3 is 1. The molecular formula is C21H18O4S. The number of aromatic carboxylic acids is 1. The van der Waals surface area contributed by atoms with Gasteiger partial charge < -0.3 is 9.84 Å². The summed E-state index contributed by atoms with van der Waals surface area (Å²) in [6.07, 6.45) is 0.487. The number of carbonyl (C=O) groups excluding carboxylic acids is 1. The Morgan fingerprint density at radius 1 is 1.19 bits per heavy atom. The summed E-state index contributed by atoms with van der Waals surface area (Å²) in [5.74, 6) is 5.80. The molecular weight excluding hydrogens is 348 g/mol. The van der Waals surface area contributed by atoms with Gasteiger partial charge in [0.15, 0.2) is 5.78 Å². The molecule has 0 radical (unpaired) electrons. The normalized spacial score (nSPS) is 14.8. The molecule has 0 bridgehead atoms. The second kappa shape index (κ2) is 6.89. The average molecular weight is 366 g/mol. The van der Waals surface area contributed by atoms with E-state index in [1.54, 1.807) is 37.1 Å². The second-order valence-corrected chi connectivity index (χ2v) is 8.39. The largest absolute Gasteiger partial charge is 0.495 e. The Bertz CT molecular complexity index is 946. The lowest BCUT2D eigenvalue weighted by molar-refractivity contribution is 0.0696. The van der Waals surface area contributed by atoms with Crippen molar-refractivity contribution in [1.29, 1.82) is 0 Å². The van der Waals surface area contributed by atoms with Crippen molar-refractivity contribution in [3.63, 3.8) is 0 Å². The van der Waals surface area contributed by atoms with E-state index in [2.05, 4.69) is 25.7 Å². The molecule has 2 aromatic carbocycles. The van der Waals surface area contributed by atoms with Crippen molar-refractivity contribution in [1.82, 2.24) is 0 Å². The Kier molecular flexibility index (Phi) is 4.80. The van der Waals surface area contributed by atoms with Crippen LogP contribution in [-0.4, -0.2) is 28.7 Å². The predicted molar refractivity (Wildman–Crippen MR) is 101 cm³/mol. The van der Waals surface area contributed by atoms with Gasteiger partial charge in [0.05, 0.1) is 18.2 Å². The third-order valence-electron chi connectivity index (χ3n) is 4.05. The van der Waals surface area contributed by atoms with Gasteiger partial charge in [-0.3, -0.25) is 4.79 Å². The molecule has 4 nitrogen and oxygen atoms in total. The SMILES string of the molecule is COc1cc2c(cc1C#Cc1ccc(C(=O)O)cc1)C(=O)CC(C)(C)S2. The number of hydrogen-bond acceptors (Lipinski definition) is 4. The Morgan fingerprint density at radius 2 is 1.88 bits per heavy atom. The number of thioether (sulfide) groups is 1. The number of rotatable bonds is 2. The van der Waals surface area contributed by atoms with Crippen LogP contribution in [0, 0.1) is 11.8 Å². The summed E-state index contributed by atoms with van der Waals surface area (Å²) in [5, 5.41) is 8.94. The van der Waals surface area contributed by atoms with Gasteiger partial charge in [-0.15, -0.1) is 11.8 Å². The van der Waals surface area contributed by atoms with E-state index in [1.165, 1.54) is 12.1 Å². The number of ether oxygens (including phenoxy) is 1. The van der Waals surface area contributed by atoms with Crippen molar-refractivity contribution >= 4 is 23.5 Å². The molecule has 0 spiro atoms. The summed E-state index contributed by atoms with van der Waals surface area (Å²) >= 11 is 1.67. The van der Waals surface area contributed by atoms with Gasteiger partial charge in [-0.05, 0) is 50.2 Å². The molecule has 0 saturated carbocycles. The minimum Gasteiger partial charge on any atom is -0.495 e. The van der Waals surface area contributed by atoms with Crippen LogP contribution in [-0.2, 0) is 0 Å². The molecule has 2 aromatic rings. The van der Waals surface area contributed by atoms with Crippen LogP contribution in [0.2, 0.25) is 0 Å². The quantitative estimate of drug-likeness (QED) is 0.805. The van der Waals surface area contributed by atoms with Gasteiger partial charge in [0.25, 0.3) is 0 Å². The third kappa shape index (κ3) is 3.76. The van der Waals surface area contributed by atoms with Crippen LogP contribution < -0.4 is 4.74 Å². The van der Waals surface area contributed by atoms with Gasteiger partial charge in [0, 0.05) is 27.2 Å². The Balaban J connectivity index is 1.98. The fraction of sp³-hybridized carbons (Fsp3) is 0.238. The molecule has 0 saturated heterocycles. The van der Waals surface area contributed by atoms with E-state index >= 15 is 0 Å². The summed E-state index contributed by atoms with van der Waals surface area (Å²) in [6.45, 7) is 4.11. The smallest absolute Gasteiger partial charge is 0.335 e. The van der Waals surface area contributed by atoms with Gasteiger partial charge in [0.1, 0.15) is 5.75 Å². The summed E-state index contributed by atoms with van der Waals surface area (Å²) < 4.78 is 5.32. The molecule has 1 heterocycles. The molecule has 132 valence electrons. The molecule has 0 amide bonds. The van der Waals surface area contributed by atoms with E-state index in [9.17, 15) is 9.59 Å². The summed E-state index contributed by atoms with van der Waals surface area (Å²) in [7, 11) is 1.58. The number of ketones is 1. The van der Waals surface area contributed by atoms with Crippen molar-refractivity contribution in [2.24, 2.45) is 0 Å². The van der Waals surface area contributed by atoms with E-state index in [0.29, 0.717) is 28.9 Å². The number of Topliss-reactive ketones (excluding diaryl/α,β-unsaturated/α-hetero) is 1. The highest BCUT2D eigenvalue weighted by Gasteiger charge is 2.32. The van der Waals surface area contributed by atoms with Gasteiger partial charge in [0.2, 0.25) is 0 Å². The van der Waals surface area contributed by atoms with Gasteiger partial charge in [-0.25, -0.2) is 4.79 Å². The molecule has 1 aliphatic heterocycles. The molecule has 0 unspecified atom stereocenters. The van der Waals surface area contributed by atoms with E-state index in [-0.39, 0.29) is 16.1 Å². The van der Waals surface area contributed by atoms with Crippen LogP contribution in [0.5, 0.6) is 5.75 Å². The maximum atomic E-state index is 12.5. The van der Waals surface area contributed by atoms with E-state index in [0.717, 1.165) is 4.90 Å². The monoisotopic (exact) mass is 366 g/mol. The molecule has 5 heteroatoms. The number of carboxylic acids is 1. The lowest BCUT2D eigenvalue weighted by Gasteiger charge is -2.29. The lowest BCUT2D eigenvalue weighted by Crippen LogP contribution is -2.25. The maximum Gasteiger partial charge on any atom is 0.335 e. The zero-order chi connectivity index (χ0) is 18.9. The molecule has 0 fully saturated rings. The lowest BCUT2D eigenvalue weighted by atomic mass is 9.97. The van der Waals surface area contributed by atoms with Crippen molar-refractivity contribution < 1.29 is 19.4 Å². The summed E-state index contributed by atoms with van der Waals surface area (Å²) in [5.41, 5.74) is 2.23. The van der Waals surface area contributed by atoms with Crippen molar-refractivity contribution in [2.45, 2.75) is 29.9 Å². The average Bonchev–Trinajstić information content (AvgIpc) is 2.58. The van der Waals surface area contributed by atoms with Crippen LogP contribution in [0.15, 0.2) is 41.3 Å². The summed E-state index contributed by atoms with van der Waals surface area (Å²) in [4.78, 5) is 24.3. The molecule has 0 aromatic heterocycles. The first-order chi connectivity index (χ1) is 12.3. The second-order valence-electron chi connectivity index (χ2n) is 6.64. The number of benzene rings is 2. The predicted octanol–water partition coefficient (Wildman–Crippen LogP) is 4.25. The fourth-order valence-corrected chi connectivity index (χ4v) is 4.03. The highest BCUT2D eigenvalue weighted by molar-refractivity contribution is 8.00.